The van der Waals surface area contributed by atoms with Gasteiger partial charge in [-0.15, -0.1) is 12.4 Å². The summed E-state index contributed by atoms with van der Waals surface area (Å²) in [6.45, 7) is 0.598. The van der Waals surface area contributed by atoms with Gasteiger partial charge in [-0.25, -0.2) is 18.2 Å². The molecular weight excluding hydrogens is 399 g/mol. The molecule has 0 unspecified atom stereocenters. The highest BCUT2D eigenvalue weighted by Crippen LogP contribution is 2.31. The number of amides is 1. The fraction of sp³-hybridized carbons (Fsp3) is 0.222. The molecule has 0 aliphatic carbocycles. The maximum Gasteiger partial charge on any atom is 0.266 e. The van der Waals surface area contributed by atoms with Gasteiger partial charge in [-0.3, -0.25) is 9.69 Å². The lowest BCUT2D eigenvalue weighted by Crippen LogP contribution is -2.37. The summed E-state index contributed by atoms with van der Waals surface area (Å²) in [5.74, 6) is -3.25. The molecule has 27 heavy (non-hydrogen) atoms. The van der Waals surface area contributed by atoms with E-state index in [2.05, 4.69) is 4.98 Å². The average Bonchev–Trinajstić information content (AvgIpc) is 3.00. The third-order valence-corrected chi connectivity index (χ3v) is 4.83. The van der Waals surface area contributed by atoms with Crippen molar-refractivity contribution in [3.8, 4) is 0 Å². The van der Waals surface area contributed by atoms with Crippen molar-refractivity contribution in [3.05, 3.63) is 59.4 Å². The molecule has 144 valence electrons. The molecule has 9 heteroatoms. The summed E-state index contributed by atoms with van der Waals surface area (Å²) in [6.07, 6.45) is 0. The van der Waals surface area contributed by atoms with Crippen LogP contribution in [-0.2, 0) is 0 Å². The molecular formula is C18H17ClF3N3OS. The Balaban J connectivity index is 0.00000261. The number of thiazole rings is 1. The van der Waals surface area contributed by atoms with Crippen LogP contribution in [0.15, 0.2) is 36.4 Å². The largest absolute Gasteiger partial charge is 0.308 e. The van der Waals surface area contributed by atoms with Crippen LogP contribution in [0, 0.1) is 17.5 Å². The highest BCUT2D eigenvalue weighted by molar-refractivity contribution is 7.22. The predicted molar refractivity (Wildman–Crippen MR) is 103 cm³/mol. The van der Waals surface area contributed by atoms with Crippen LogP contribution in [0.1, 0.15) is 10.4 Å². The molecule has 0 atom stereocenters. The summed E-state index contributed by atoms with van der Waals surface area (Å²) in [5.41, 5.74) is -0.518. The molecule has 3 aromatic rings. The van der Waals surface area contributed by atoms with Crippen molar-refractivity contribution in [3.63, 3.8) is 0 Å². The first-order chi connectivity index (χ1) is 12.4. The minimum absolute atomic E-state index is 0. The van der Waals surface area contributed by atoms with Gasteiger partial charge in [-0.2, -0.15) is 0 Å². The fourth-order valence-corrected chi connectivity index (χ4v) is 3.44. The number of carbonyl (C=O) groups is 1. The fourth-order valence-electron chi connectivity index (χ4n) is 2.44. The number of carbonyl (C=O) groups excluding carboxylic acids is 1. The molecule has 0 saturated carbocycles. The van der Waals surface area contributed by atoms with Crippen LogP contribution in [0.3, 0.4) is 0 Å². The Hall–Kier alpha value is -2.16. The molecule has 0 aliphatic heterocycles. The Bertz CT molecular complexity index is 944. The number of rotatable bonds is 5. The molecule has 0 bridgehead atoms. The second-order valence-electron chi connectivity index (χ2n) is 5.94. The van der Waals surface area contributed by atoms with Crippen LogP contribution in [0.25, 0.3) is 10.2 Å². The van der Waals surface area contributed by atoms with Gasteiger partial charge in [0.05, 0.1) is 4.70 Å². The van der Waals surface area contributed by atoms with E-state index in [0.29, 0.717) is 11.2 Å². The number of aromatic nitrogens is 1. The molecule has 4 nitrogen and oxygen atoms in total. The zero-order valence-electron chi connectivity index (χ0n) is 14.6. The van der Waals surface area contributed by atoms with Gasteiger partial charge in [0.15, 0.2) is 5.13 Å². The van der Waals surface area contributed by atoms with Gasteiger partial charge in [0, 0.05) is 13.1 Å². The molecule has 3 rings (SSSR count). The van der Waals surface area contributed by atoms with Crippen molar-refractivity contribution in [2.75, 3.05) is 32.1 Å². The topological polar surface area (TPSA) is 36.4 Å². The second-order valence-corrected chi connectivity index (χ2v) is 6.95. The number of hydrogen-bond acceptors (Lipinski definition) is 4. The zero-order chi connectivity index (χ0) is 18.8. The third kappa shape index (κ3) is 4.40. The molecule has 1 amide bonds. The van der Waals surface area contributed by atoms with Gasteiger partial charge in [0.1, 0.15) is 28.5 Å². The number of benzene rings is 2. The monoisotopic (exact) mass is 415 g/mol. The summed E-state index contributed by atoms with van der Waals surface area (Å²) in [4.78, 5) is 20.1. The first kappa shape index (κ1) is 21.1. The molecule has 0 fully saturated rings. The van der Waals surface area contributed by atoms with Crippen molar-refractivity contribution in [1.82, 2.24) is 9.88 Å². The van der Waals surface area contributed by atoms with Crippen molar-refractivity contribution in [1.29, 1.82) is 0 Å². The van der Waals surface area contributed by atoms with Crippen molar-refractivity contribution in [2.24, 2.45) is 0 Å². The van der Waals surface area contributed by atoms with E-state index in [4.69, 9.17) is 0 Å². The summed E-state index contributed by atoms with van der Waals surface area (Å²) in [5, 5.41) is 0.194. The van der Waals surface area contributed by atoms with Gasteiger partial charge in [-0.1, -0.05) is 23.5 Å². The Morgan fingerprint density at radius 1 is 1.00 bits per heavy atom. The van der Waals surface area contributed by atoms with E-state index in [1.807, 2.05) is 19.0 Å². The number of para-hydroxylation sites is 1. The van der Waals surface area contributed by atoms with Crippen LogP contribution in [0.2, 0.25) is 0 Å². The SMILES string of the molecule is CN(C)CCN(C(=O)c1c(F)cccc1F)c1nc2c(F)cccc2s1.Cl. The lowest BCUT2D eigenvalue weighted by atomic mass is 10.1. The smallest absolute Gasteiger partial charge is 0.266 e. The Kier molecular flexibility index (Phi) is 6.80. The average molecular weight is 416 g/mol. The van der Waals surface area contributed by atoms with Crippen molar-refractivity contribution in [2.45, 2.75) is 0 Å². The van der Waals surface area contributed by atoms with Crippen LogP contribution in [0.4, 0.5) is 18.3 Å². The minimum atomic E-state index is -0.947. The second kappa shape index (κ2) is 8.69. The quantitative estimate of drug-likeness (QED) is 0.621. The normalized spacial score (nSPS) is 10.9. The highest BCUT2D eigenvalue weighted by Gasteiger charge is 2.27. The number of nitrogens with zero attached hydrogens (tertiary/aromatic N) is 3. The molecule has 1 heterocycles. The van der Waals surface area contributed by atoms with Crippen LogP contribution in [-0.4, -0.2) is 43.0 Å². The van der Waals surface area contributed by atoms with E-state index < -0.39 is 28.9 Å². The van der Waals surface area contributed by atoms with Crippen LogP contribution >= 0.6 is 23.7 Å². The van der Waals surface area contributed by atoms with Crippen molar-refractivity contribution < 1.29 is 18.0 Å². The lowest BCUT2D eigenvalue weighted by Gasteiger charge is -2.22. The summed E-state index contributed by atoms with van der Waals surface area (Å²) in [6, 6.07) is 7.74. The van der Waals surface area contributed by atoms with E-state index in [1.165, 1.54) is 17.0 Å². The number of hydrogen-bond donors (Lipinski definition) is 0. The number of anilines is 1. The van der Waals surface area contributed by atoms with Gasteiger partial charge < -0.3 is 4.90 Å². The maximum atomic E-state index is 14.1. The molecule has 0 radical (unpaired) electrons. The maximum absolute atomic E-state index is 14.1. The van der Waals surface area contributed by atoms with Gasteiger partial charge >= 0.3 is 0 Å². The first-order valence-electron chi connectivity index (χ1n) is 7.84. The summed E-state index contributed by atoms with van der Waals surface area (Å²) >= 11 is 1.10. The number of likely N-dealkylation sites (N-methyl/N-ethyl adjacent to an activating group) is 1. The predicted octanol–water partition coefficient (Wildman–Crippen LogP) is 4.34. The number of fused-ring (bicyclic) bond motifs is 1. The Morgan fingerprint density at radius 2 is 1.59 bits per heavy atom. The van der Waals surface area contributed by atoms with Gasteiger partial charge in [-0.05, 0) is 38.4 Å². The standard InChI is InChI=1S/C18H16F3N3OS.ClH/c1-23(2)9-10-24(17(25)15-11(19)5-3-6-12(15)20)18-22-16-13(21)7-4-8-14(16)26-18;/h3-8H,9-10H2,1-2H3;1H. The third-order valence-electron chi connectivity index (χ3n) is 3.78. The van der Waals surface area contributed by atoms with Crippen LogP contribution in [0.5, 0.6) is 0 Å². The molecule has 0 saturated heterocycles. The Labute approximate surface area is 164 Å². The minimum Gasteiger partial charge on any atom is -0.308 e. The van der Waals surface area contributed by atoms with E-state index in [0.717, 1.165) is 23.5 Å². The van der Waals surface area contributed by atoms with E-state index in [9.17, 15) is 18.0 Å². The molecule has 0 N–H and O–H groups in total. The van der Waals surface area contributed by atoms with Gasteiger partial charge in [0.25, 0.3) is 5.91 Å². The lowest BCUT2D eigenvalue weighted by molar-refractivity contribution is 0.0977. The summed E-state index contributed by atoms with van der Waals surface area (Å²) < 4.78 is 42.6. The molecule has 1 aromatic heterocycles. The molecule has 0 aliphatic rings. The highest BCUT2D eigenvalue weighted by atomic mass is 35.5. The van der Waals surface area contributed by atoms with E-state index >= 15 is 0 Å². The van der Waals surface area contributed by atoms with Crippen molar-refractivity contribution >= 4 is 45.0 Å². The molecule has 2 aromatic carbocycles. The first-order valence-corrected chi connectivity index (χ1v) is 8.66. The molecule has 0 spiro atoms. The van der Waals surface area contributed by atoms with E-state index in [-0.39, 0.29) is 29.6 Å². The Morgan fingerprint density at radius 3 is 2.19 bits per heavy atom. The van der Waals surface area contributed by atoms with Crippen LogP contribution < -0.4 is 4.90 Å². The number of halogens is 4. The summed E-state index contributed by atoms with van der Waals surface area (Å²) in [7, 11) is 3.62. The zero-order valence-corrected chi connectivity index (χ0v) is 16.2. The van der Waals surface area contributed by atoms with E-state index in [1.54, 1.807) is 12.1 Å². The van der Waals surface area contributed by atoms with Gasteiger partial charge in [0.2, 0.25) is 0 Å².